The van der Waals surface area contributed by atoms with Crippen LogP contribution in [0.2, 0.25) is 0 Å². The van der Waals surface area contributed by atoms with Crippen molar-refractivity contribution in [2.24, 2.45) is 11.8 Å². The Balaban J connectivity index is 1.74. The second-order valence-electron chi connectivity index (χ2n) is 5.26. The molecule has 86 valence electrons. The van der Waals surface area contributed by atoms with Gasteiger partial charge >= 0.3 is 0 Å². The summed E-state index contributed by atoms with van der Waals surface area (Å²) in [6, 6.07) is 0. The third-order valence-corrected chi connectivity index (χ3v) is 3.89. The third kappa shape index (κ3) is 3.04. The molecule has 1 heterocycles. The number of rotatable bonds is 3. The van der Waals surface area contributed by atoms with Gasteiger partial charge in [0.25, 0.3) is 0 Å². The lowest BCUT2D eigenvalue weighted by atomic mass is 9.79. The monoisotopic (exact) mass is 210 g/mol. The Morgan fingerprint density at radius 2 is 2.20 bits per heavy atom. The summed E-state index contributed by atoms with van der Waals surface area (Å²) in [5, 5.41) is 0. The maximum Gasteiger partial charge on any atom is 0.135 e. The third-order valence-electron chi connectivity index (χ3n) is 3.89. The molecule has 3 atom stereocenters. The van der Waals surface area contributed by atoms with Gasteiger partial charge in [-0.15, -0.1) is 0 Å². The van der Waals surface area contributed by atoms with Crippen molar-refractivity contribution in [3.63, 3.8) is 0 Å². The molecule has 0 radical (unpaired) electrons. The Hall–Kier alpha value is -0.370. The quantitative estimate of drug-likeness (QED) is 0.716. The summed E-state index contributed by atoms with van der Waals surface area (Å²) in [6.07, 6.45) is 8.07. The van der Waals surface area contributed by atoms with Crippen LogP contribution in [0.3, 0.4) is 0 Å². The van der Waals surface area contributed by atoms with Gasteiger partial charge in [0.2, 0.25) is 0 Å². The molecule has 0 amide bonds. The Bertz CT molecular complexity index is 219. The van der Waals surface area contributed by atoms with E-state index >= 15 is 0 Å². The van der Waals surface area contributed by atoms with E-state index in [2.05, 4.69) is 6.92 Å². The van der Waals surface area contributed by atoms with Gasteiger partial charge in [0.1, 0.15) is 5.78 Å². The zero-order valence-corrected chi connectivity index (χ0v) is 9.71. The summed E-state index contributed by atoms with van der Waals surface area (Å²) < 4.78 is 5.59. The van der Waals surface area contributed by atoms with Crippen molar-refractivity contribution in [3.05, 3.63) is 0 Å². The highest BCUT2D eigenvalue weighted by molar-refractivity contribution is 5.81. The predicted octanol–water partition coefficient (Wildman–Crippen LogP) is 2.95. The topological polar surface area (TPSA) is 26.3 Å². The van der Waals surface area contributed by atoms with Crippen LogP contribution in [0.25, 0.3) is 0 Å². The smallest absolute Gasteiger partial charge is 0.135 e. The lowest BCUT2D eigenvalue weighted by molar-refractivity contribution is -0.125. The molecule has 0 bridgehead atoms. The van der Waals surface area contributed by atoms with Crippen LogP contribution in [-0.2, 0) is 9.53 Å². The summed E-state index contributed by atoms with van der Waals surface area (Å²) >= 11 is 0. The van der Waals surface area contributed by atoms with Crippen molar-refractivity contribution in [2.75, 3.05) is 6.61 Å². The Kier molecular flexibility index (Phi) is 3.79. The minimum Gasteiger partial charge on any atom is -0.378 e. The number of ether oxygens (including phenoxy) is 1. The standard InChI is InChI=1S/C13H22O2/c1-10-4-7-13(14)11(9-10)5-6-12-3-2-8-15-12/h10-12H,2-9H2,1H3. The molecule has 1 saturated carbocycles. The van der Waals surface area contributed by atoms with E-state index < -0.39 is 0 Å². The van der Waals surface area contributed by atoms with E-state index in [4.69, 9.17) is 4.74 Å². The lowest BCUT2D eigenvalue weighted by Gasteiger charge is -2.26. The highest BCUT2D eigenvalue weighted by atomic mass is 16.5. The fourth-order valence-corrected chi connectivity index (χ4v) is 2.87. The summed E-state index contributed by atoms with van der Waals surface area (Å²) in [6.45, 7) is 3.20. The Labute approximate surface area is 92.4 Å². The van der Waals surface area contributed by atoms with Gasteiger partial charge in [-0.25, -0.2) is 0 Å². The molecule has 15 heavy (non-hydrogen) atoms. The first-order chi connectivity index (χ1) is 7.25. The molecule has 1 aliphatic heterocycles. The fourth-order valence-electron chi connectivity index (χ4n) is 2.87. The van der Waals surface area contributed by atoms with Crippen LogP contribution in [-0.4, -0.2) is 18.5 Å². The first-order valence-electron chi connectivity index (χ1n) is 6.40. The summed E-state index contributed by atoms with van der Waals surface area (Å²) in [7, 11) is 0. The summed E-state index contributed by atoms with van der Waals surface area (Å²) in [5.41, 5.74) is 0. The zero-order chi connectivity index (χ0) is 10.7. The number of hydrogen-bond acceptors (Lipinski definition) is 2. The van der Waals surface area contributed by atoms with Gasteiger partial charge in [0, 0.05) is 18.9 Å². The van der Waals surface area contributed by atoms with Gasteiger partial charge in [-0.05, 0) is 44.4 Å². The van der Waals surface area contributed by atoms with Crippen molar-refractivity contribution in [3.8, 4) is 0 Å². The van der Waals surface area contributed by atoms with Crippen LogP contribution in [0, 0.1) is 11.8 Å². The van der Waals surface area contributed by atoms with Gasteiger partial charge < -0.3 is 4.74 Å². The van der Waals surface area contributed by atoms with Gasteiger partial charge in [0.15, 0.2) is 0 Å². The molecule has 2 aliphatic rings. The van der Waals surface area contributed by atoms with Crippen molar-refractivity contribution >= 4 is 5.78 Å². The molecule has 0 spiro atoms. The van der Waals surface area contributed by atoms with Crippen molar-refractivity contribution in [2.45, 2.75) is 58.0 Å². The highest BCUT2D eigenvalue weighted by Gasteiger charge is 2.27. The van der Waals surface area contributed by atoms with Crippen LogP contribution in [0.1, 0.15) is 51.9 Å². The predicted molar refractivity (Wildman–Crippen MR) is 59.7 cm³/mol. The molecule has 0 aromatic rings. The SMILES string of the molecule is CC1CCC(=O)C(CCC2CCCO2)C1. The number of carbonyl (C=O) groups excluding carboxylic acids is 1. The molecule has 2 heteroatoms. The molecule has 2 rings (SSSR count). The van der Waals surface area contributed by atoms with E-state index in [-0.39, 0.29) is 0 Å². The normalized spacial score (nSPS) is 37.1. The van der Waals surface area contributed by atoms with E-state index in [0.29, 0.717) is 17.8 Å². The highest BCUT2D eigenvalue weighted by Crippen LogP contribution is 2.30. The molecule has 2 nitrogen and oxygen atoms in total. The van der Waals surface area contributed by atoms with Gasteiger partial charge in [-0.2, -0.15) is 0 Å². The van der Waals surface area contributed by atoms with E-state index in [1.807, 2.05) is 0 Å². The van der Waals surface area contributed by atoms with Gasteiger partial charge in [-0.3, -0.25) is 4.79 Å². The van der Waals surface area contributed by atoms with Crippen LogP contribution < -0.4 is 0 Å². The average Bonchev–Trinajstić information content (AvgIpc) is 2.72. The van der Waals surface area contributed by atoms with Crippen molar-refractivity contribution < 1.29 is 9.53 Å². The van der Waals surface area contributed by atoms with E-state index in [1.54, 1.807) is 0 Å². The molecular formula is C13H22O2. The Morgan fingerprint density at radius 1 is 1.33 bits per heavy atom. The summed E-state index contributed by atoms with van der Waals surface area (Å²) in [5.74, 6) is 1.60. The second-order valence-corrected chi connectivity index (χ2v) is 5.26. The van der Waals surface area contributed by atoms with Crippen LogP contribution in [0.4, 0.5) is 0 Å². The first kappa shape index (κ1) is 11.1. The fraction of sp³-hybridized carbons (Fsp3) is 0.923. The lowest BCUT2D eigenvalue weighted by Crippen LogP contribution is -2.24. The van der Waals surface area contributed by atoms with Crippen molar-refractivity contribution in [1.82, 2.24) is 0 Å². The average molecular weight is 210 g/mol. The second kappa shape index (κ2) is 5.11. The Morgan fingerprint density at radius 3 is 2.93 bits per heavy atom. The largest absolute Gasteiger partial charge is 0.378 e. The van der Waals surface area contributed by atoms with Crippen LogP contribution in [0.5, 0.6) is 0 Å². The molecule has 1 saturated heterocycles. The van der Waals surface area contributed by atoms with Gasteiger partial charge in [0.05, 0.1) is 6.10 Å². The summed E-state index contributed by atoms with van der Waals surface area (Å²) in [4.78, 5) is 11.7. The zero-order valence-electron chi connectivity index (χ0n) is 9.71. The molecule has 0 aromatic carbocycles. The van der Waals surface area contributed by atoms with Crippen LogP contribution >= 0.6 is 0 Å². The van der Waals surface area contributed by atoms with Crippen molar-refractivity contribution in [1.29, 1.82) is 0 Å². The van der Waals surface area contributed by atoms with E-state index in [9.17, 15) is 4.79 Å². The maximum absolute atomic E-state index is 11.7. The molecule has 3 unspecified atom stereocenters. The molecule has 1 aliphatic carbocycles. The van der Waals surface area contributed by atoms with Crippen LogP contribution in [0.15, 0.2) is 0 Å². The minimum absolute atomic E-state index is 0.345. The van der Waals surface area contributed by atoms with E-state index in [1.165, 1.54) is 12.8 Å². The molecule has 2 fully saturated rings. The number of hydrogen-bond donors (Lipinski definition) is 0. The molecule has 0 N–H and O–H groups in total. The maximum atomic E-state index is 11.7. The molecular weight excluding hydrogens is 188 g/mol. The number of carbonyl (C=O) groups is 1. The first-order valence-corrected chi connectivity index (χ1v) is 6.40. The van der Waals surface area contributed by atoms with Gasteiger partial charge in [-0.1, -0.05) is 6.92 Å². The number of Topliss-reactive ketones (excluding diaryl/α,β-unsaturated/α-hetero) is 1. The minimum atomic E-state index is 0.345. The van der Waals surface area contributed by atoms with E-state index in [0.717, 1.165) is 44.6 Å². The number of ketones is 1. The molecule has 0 aromatic heterocycles.